The van der Waals surface area contributed by atoms with Crippen molar-refractivity contribution >= 4 is 22.4 Å². The van der Waals surface area contributed by atoms with Crippen molar-refractivity contribution in [3.63, 3.8) is 0 Å². The van der Waals surface area contributed by atoms with Gasteiger partial charge < -0.3 is 10.1 Å². The lowest BCUT2D eigenvalue weighted by Gasteiger charge is -2.12. The summed E-state index contributed by atoms with van der Waals surface area (Å²) in [6.45, 7) is 6.19. The van der Waals surface area contributed by atoms with E-state index >= 15 is 0 Å². The van der Waals surface area contributed by atoms with Gasteiger partial charge in [-0.25, -0.2) is 0 Å². The minimum Gasteiger partial charge on any atom is -0.496 e. The molecule has 0 aliphatic heterocycles. The Labute approximate surface area is 128 Å². The Kier molecular flexibility index (Phi) is 4.57. The first kappa shape index (κ1) is 15.4. The minimum atomic E-state index is -0.129. The van der Waals surface area contributed by atoms with Gasteiger partial charge in [0.05, 0.1) is 13.5 Å². The molecule has 0 aliphatic carbocycles. The lowest BCUT2D eigenvalue weighted by molar-refractivity contribution is -0.115. The van der Waals surface area contributed by atoms with Crippen LogP contribution < -0.4 is 10.1 Å². The Morgan fingerprint density at radius 1 is 1.29 bits per heavy atom. The van der Waals surface area contributed by atoms with Crippen LogP contribution in [0.2, 0.25) is 0 Å². The molecule has 1 amide bonds. The number of nitrogens with one attached hydrogen (secondary N) is 1. The number of benzene rings is 1. The molecule has 2 rings (SSSR count). The maximum atomic E-state index is 12.1. The lowest BCUT2D eigenvalue weighted by Crippen LogP contribution is -2.14. The van der Waals surface area contributed by atoms with Crippen molar-refractivity contribution in [3.05, 3.63) is 34.8 Å². The molecule has 0 radical (unpaired) electrons. The average Bonchev–Trinajstić information content (AvgIpc) is 2.87. The monoisotopic (exact) mass is 305 g/mol. The second-order valence-corrected chi connectivity index (χ2v) is 6.68. The third-order valence-corrected chi connectivity index (χ3v) is 4.12. The average molecular weight is 305 g/mol. The molecule has 0 saturated carbocycles. The smallest absolute Gasteiger partial charge is 0.230 e. The minimum absolute atomic E-state index is 0.0662. The van der Waals surface area contributed by atoms with Crippen molar-refractivity contribution in [3.8, 4) is 5.75 Å². The molecular weight excluding hydrogens is 286 g/mol. The fourth-order valence-electron chi connectivity index (χ4n) is 1.76. The number of hydrogen-bond donors (Lipinski definition) is 1. The second-order valence-electron chi connectivity index (χ2n) is 5.70. The van der Waals surface area contributed by atoms with Crippen LogP contribution in [0.25, 0.3) is 0 Å². The summed E-state index contributed by atoms with van der Waals surface area (Å²) in [7, 11) is 1.59. The maximum Gasteiger partial charge on any atom is 0.230 e. The second kappa shape index (κ2) is 6.22. The Bertz CT molecular complexity index is 632. The van der Waals surface area contributed by atoms with Crippen molar-refractivity contribution < 1.29 is 9.53 Å². The first-order valence-electron chi connectivity index (χ1n) is 6.66. The van der Waals surface area contributed by atoms with Crippen LogP contribution >= 0.6 is 11.3 Å². The van der Waals surface area contributed by atoms with E-state index in [2.05, 4.69) is 36.3 Å². The summed E-state index contributed by atoms with van der Waals surface area (Å²) in [5, 5.41) is 12.3. The van der Waals surface area contributed by atoms with Crippen molar-refractivity contribution in [2.45, 2.75) is 32.6 Å². The number of rotatable bonds is 4. The van der Waals surface area contributed by atoms with E-state index in [0.717, 1.165) is 10.6 Å². The Morgan fingerprint density at radius 2 is 2.00 bits per heavy atom. The number of carbonyl (C=O) groups is 1. The van der Waals surface area contributed by atoms with E-state index in [9.17, 15) is 4.79 Å². The molecule has 0 spiro atoms. The molecule has 21 heavy (non-hydrogen) atoms. The molecular formula is C15H19N3O2S. The topological polar surface area (TPSA) is 64.1 Å². The van der Waals surface area contributed by atoms with Gasteiger partial charge in [-0.1, -0.05) is 50.3 Å². The quantitative estimate of drug-likeness (QED) is 0.943. The van der Waals surface area contributed by atoms with Gasteiger partial charge in [-0.05, 0) is 6.07 Å². The predicted octanol–water partition coefficient (Wildman–Crippen LogP) is 3.03. The van der Waals surface area contributed by atoms with Crippen molar-refractivity contribution in [2.24, 2.45) is 0 Å². The molecule has 1 N–H and O–H groups in total. The number of amides is 1. The number of carbonyl (C=O) groups excluding carboxylic acids is 1. The van der Waals surface area contributed by atoms with Crippen molar-refractivity contribution in [2.75, 3.05) is 12.4 Å². The van der Waals surface area contributed by atoms with E-state index < -0.39 is 0 Å². The molecule has 0 saturated heterocycles. The van der Waals surface area contributed by atoms with Crippen LogP contribution in [0.4, 0.5) is 5.13 Å². The van der Waals surface area contributed by atoms with Gasteiger partial charge in [0.15, 0.2) is 0 Å². The lowest BCUT2D eigenvalue weighted by atomic mass is 9.98. The summed E-state index contributed by atoms with van der Waals surface area (Å²) in [5.74, 6) is 0.580. The Hall–Kier alpha value is -1.95. The van der Waals surface area contributed by atoms with Gasteiger partial charge in [-0.2, -0.15) is 0 Å². The van der Waals surface area contributed by atoms with Gasteiger partial charge in [0, 0.05) is 11.0 Å². The van der Waals surface area contributed by atoms with Gasteiger partial charge in [0.1, 0.15) is 10.8 Å². The van der Waals surface area contributed by atoms with Gasteiger partial charge in [-0.3, -0.25) is 4.79 Å². The summed E-state index contributed by atoms with van der Waals surface area (Å²) >= 11 is 1.40. The fourth-order valence-corrected chi connectivity index (χ4v) is 2.58. The zero-order chi connectivity index (χ0) is 15.5. The van der Waals surface area contributed by atoms with E-state index in [4.69, 9.17) is 4.74 Å². The SMILES string of the molecule is COc1ccccc1CC(=O)Nc1nnc(C(C)(C)C)s1. The van der Waals surface area contributed by atoms with Crippen molar-refractivity contribution in [1.82, 2.24) is 10.2 Å². The van der Waals surface area contributed by atoms with E-state index in [1.807, 2.05) is 24.3 Å². The van der Waals surface area contributed by atoms with Crippen LogP contribution in [0.15, 0.2) is 24.3 Å². The fraction of sp³-hybridized carbons (Fsp3) is 0.400. The normalized spacial score (nSPS) is 11.2. The summed E-state index contributed by atoms with van der Waals surface area (Å²) in [5.41, 5.74) is 0.779. The molecule has 1 heterocycles. The van der Waals surface area contributed by atoms with E-state index in [1.54, 1.807) is 7.11 Å². The van der Waals surface area contributed by atoms with Gasteiger partial charge in [0.2, 0.25) is 11.0 Å². The van der Waals surface area contributed by atoms with Crippen LogP contribution in [-0.2, 0) is 16.6 Å². The van der Waals surface area contributed by atoms with Gasteiger partial charge >= 0.3 is 0 Å². The van der Waals surface area contributed by atoms with Crippen LogP contribution in [0, 0.1) is 0 Å². The zero-order valence-electron chi connectivity index (χ0n) is 12.6. The summed E-state index contributed by atoms with van der Waals surface area (Å²) in [4.78, 5) is 12.1. The summed E-state index contributed by atoms with van der Waals surface area (Å²) in [6, 6.07) is 7.47. The highest BCUT2D eigenvalue weighted by atomic mass is 32.1. The highest BCUT2D eigenvalue weighted by Gasteiger charge is 2.20. The molecule has 5 nitrogen and oxygen atoms in total. The van der Waals surface area contributed by atoms with Crippen LogP contribution in [0.1, 0.15) is 31.3 Å². The highest BCUT2D eigenvalue weighted by Crippen LogP contribution is 2.27. The molecule has 0 aliphatic rings. The number of ether oxygens (including phenoxy) is 1. The molecule has 6 heteroatoms. The molecule has 1 aromatic heterocycles. The molecule has 1 aromatic carbocycles. The molecule has 112 valence electrons. The molecule has 2 aromatic rings. The highest BCUT2D eigenvalue weighted by molar-refractivity contribution is 7.15. The third-order valence-electron chi connectivity index (χ3n) is 2.86. The summed E-state index contributed by atoms with van der Waals surface area (Å²) < 4.78 is 5.24. The van der Waals surface area contributed by atoms with E-state index in [0.29, 0.717) is 10.9 Å². The van der Waals surface area contributed by atoms with Crippen molar-refractivity contribution in [1.29, 1.82) is 0 Å². The largest absolute Gasteiger partial charge is 0.496 e. The number of hydrogen-bond acceptors (Lipinski definition) is 5. The maximum absolute atomic E-state index is 12.1. The van der Waals surface area contributed by atoms with Crippen LogP contribution in [-0.4, -0.2) is 23.2 Å². The first-order chi connectivity index (χ1) is 9.90. The van der Waals surface area contributed by atoms with Gasteiger partial charge in [0.25, 0.3) is 0 Å². The molecule has 0 unspecified atom stereocenters. The standard InChI is InChI=1S/C15H19N3O2S/c1-15(2,3)13-17-18-14(21-13)16-12(19)9-10-7-5-6-8-11(10)20-4/h5-8H,9H2,1-4H3,(H,16,18,19). The van der Waals surface area contributed by atoms with Crippen LogP contribution in [0.3, 0.4) is 0 Å². The van der Waals surface area contributed by atoms with E-state index in [1.165, 1.54) is 11.3 Å². The molecule has 0 atom stereocenters. The van der Waals surface area contributed by atoms with Gasteiger partial charge in [-0.15, -0.1) is 10.2 Å². The zero-order valence-corrected chi connectivity index (χ0v) is 13.5. The number of nitrogens with zero attached hydrogens (tertiary/aromatic N) is 2. The molecule has 0 fully saturated rings. The summed E-state index contributed by atoms with van der Waals surface area (Å²) in [6.07, 6.45) is 0.244. The Balaban J connectivity index is 2.03. The number of anilines is 1. The number of aromatic nitrogens is 2. The Morgan fingerprint density at radius 3 is 2.62 bits per heavy atom. The first-order valence-corrected chi connectivity index (χ1v) is 7.47. The predicted molar refractivity (Wildman–Crippen MR) is 83.9 cm³/mol. The number of methoxy groups -OCH3 is 1. The van der Waals surface area contributed by atoms with E-state index in [-0.39, 0.29) is 17.7 Å². The third kappa shape index (κ3) is 4.01. The number of para-hydroxylation sites is 1. The molecule has 0 bridgehead atoms. The van der Waals surface area contributed by atoms with Crippen LogP contribution in [0.5, 0.6) is 5.75 Å².